The monoisotopic (exact) mass is 1040 g/mol. The number of nitrogens with one attached hydrogen (secondary N) is 1. The van der Waals surface area contributed by atoms with E-state index in [1.165, 1.54) is 11.6 Å². The number of amides is 1. The van der Waals surface area contributed by atoms with Crippen LogP contribution in [0, 0.1) is 20.8 Å². The number of aromatic nitrogens is 8. The molecule has 0 saturated carbocycles. The molecule has 67 heavy (non-hydrogen) atoms. The van der Waals surface area contributed by atoms with Crippen LogP contribution in [0.25, 0.3) is 0 Å². The summed E-state index contributed by atoms with van der Waals surface area (Å²) in [6.07, 6.45) is 0. The largest absolute Gasteiger partial charge is 0.502 e. The Labute approximate surface area is 404 Å². The maximum atomic E-state index is 12.2. The van der Waals surface area contributed by atoms with Crippen LogP contribution in [0.2, 0.25) is 0 Å². The molecule has 0 saturated heterocycles. The van der Waals surface area contributed by atoms with Gasteiger partial charge in [-0.25, -0.2) is 19.9 Å². The molecule has 6 unspecified atom stereocenters. The SMILES string of the molecule is C=S1CCn2c(nc(C(=O)NC)c(O)c2=O)C1(C)C.C=S1CCn2c(nc(C)c(O)c2=O)C1(C)C.C=S1CCn2c(nc(C)c(OP)c2=O)C1.C=S1CCn2c(nc(C)c(OP)c2=O)C1(C)C. The van der Waals surface area contributed by atoms with Gasteiger partial charge in [-0.15, -0.1) is 0 Å². The van der Waals surface area contributed by atoms with Gasteiger partial charge in [0.2, 0.25) is 23.0 Å². The molecule has 0 aromatic carbocycles. The number of aryl methyl sites for hydroxylation is 3. The summed E-state index contributed by atoms with van der Waals surface area (Å²) in [6, 6.07) is 0. The van der Waals surface area contributed by atoms with E-state index in [1.807, 2.05) is 13.8 Å². The van der Waals surface area contributed by atoms with Crippen LogP contribution in [0.1, 0.15) is 92.4 Å². The molecule has 3 N–H and O–H groups in total. The lowest BCUT2D eigenvalue weighted by atomic mass is 10.1. The highest BCUT2D eigenvalue weighted by molar-refractivity contribution is 8.15. The molecule has 0 aliphatic carbocycles. The normalized spacial score (nSPS) is 21.3. The van der Waals surface area contributed by atoms with E-state index >= 15 is 0 Å². The first-order valence-electron chi connectivity index (χ1n) is 21.0. The number of carbonyl (C=O) groups excluding carboxylic acids is 1. The van der Waals surface area contributed by atoms with Gasteiger partial charge in [0, 0.05) is 62.0 Å². The van der Waals surface area contributed by atoms with E-state index in [-0.39, 0.29) is 79.6 Å². The lowest BCUT2D eigenvalue weighted by molar-refractivity contribution is 0.0953. The third kappa shape index (κ3) is 10.4. The second kappa shape index (κ2) is 20.9. The van der Waals surface area contributed by atoms with Gasteiger partial charge in [0.15, 0.2) is 5.69 Å². The fourth-order valence-corrected chi connectivity index (χ4v) is 13.4. The molecule has 0 spiro atoms. The maximum Gasteiger partial charge on any atom is 0.296 e. The van der Waals surface area contributed by atoms with Crippen molar-refractivity contribution in [3.8, 4) is 23.0 Å². The Hall–Kier alpha value is -4.07. The fraction of sp³-hybridized carbons (Fsp3) is 0.512. The van der Waals surface area contributed by atoms with Crippen molar-refractivity contribution in [3.63, 3.8) is 0 Å². The Morgan fingerprint density at radius 3 is 1.42 bits per heavy atom. The van der Waals surface area contributed by atoms with E-state index in [1.54, 1.807) is 34.5 Å². The Balaban J connectivity index is 0.000000168. The zero-order chi connectivity index (χ0) is 50.2. The highest BCUT2D eigenvalue weighted by Gasteiger charge is 2.37. The van der Waals surface area contributed by atoms with E-state index < -0.39 is 22.0 Å². The van der Waals surface area contributed by atoms with Gasteiger partial charge in [0.25, 0.3) is 28.1 Å². The highest BCUT2D eigenvalue weighted by Crippen LogP contribution is 2.44. The first kappa shape index (κ1) is 53.9. The summed E-state index contributed by atoms with van der Waals surface area (Å²) in [7, 11) is 5.51. The molecule has 0 bridgehead atoms. The lowest BCUT2D eigenvalue weighted by Crippen LogP contribution is -2.39. The van der Waals surface area contributed by atoms with Crippen LogP contribution in [-0.4, -0.2) is 108 Å². The van der Waals surface area contributed by atoms with Crippen LogP contribution in [0.15, 0.2) is 19.2 Å². The van der Waals surface area contributed by atoms with E-state index in [9.17, 15) is 34.2 Å². The van der Waals surface area contributed by atoms with Gasteiger partial charge in [-0.3, -0.25) is 42.2 Å². The van der Waals surface area contributed by atoms with Crippen molar-refractivity contribution in [1.82, 2.24) is 43.5 Å². The molecule has 0 fully saturated rings. The van der Waals surface area contributed by atoms with Crippen molar-refractivity contribution in [1.29, 1.82) is 0 Å². The summed E-state index contributed by atoms with van der Waals surface area (Å²) in [5, 5.41) is 21.8. The topological polar surface area (TPSA) is 228 Å². The predicted molar refractivity (Wildman–Crippen MR) is 287 cm³/mol. The molecule has 18 nitrogen and oxygen atoms in total. The Morgan fingerprint density at radius 1 is 0.597 bits per heavy atom. The predicted octanol–water partition coefficient (Wildman–Crippen LogP) is 4.07. The average molecular weight is 1040 g/mol. The summed E-state index contributed by atoms with van der Waals surface area (Å²) in [4.78, 5) is 77.3. The zero-order valence-corrected chi connectivity index (χ0v) is 45.4. The zero-order valence-electron chi connectivity index (χ0n) is 39.8. The molecule has 8 heterocycles. The molecule has 1 amide bonds. The molecule has 4 aliphatic rings. The van der Waals surface area contributed by atoms with Gasteiger partial charge < -0.3 is 24.6 Å². The first-order valence-corrected chi connectivity index (χ1v) is 28.4. The van der Waals surface area contributed by atoms with Crippen molar-refractivity contribution < 1.29 is 24.1 Å². The molecular weight excluding hydrogens is 977 g/mol. The van der Waals surface area contributed by atoms with Gasteiger partial charge in [0.05, 0.1) is 50.3 Å². The van der Waals surface area contributed by atoms with Crippen molar-refractivity contribution in [2.75, 3.05) is 30.1 Å². The van der Waals surface area contributed by atoms with E-state index in [0.29, 0.717) is 60.6 Å². The minimum absolute atomic E-state index is 0.00527. The van der Waals surface area contributed by atoms with Crippen LogP contribution in [-0.2, 0) is 46.2 Å². The van der Waals surface area contributed by atoms with Crippen molar-refractivity contribution in [3.05, 3.63) is 87.5 Å². The molecule has 4 aliphatic heterocycles. The van der Waals surface area contributed by atoms with Crippen LogP contribution in [0.3, 0.4) is 0 Å². The minimum atomic E-state index is -0.593. The maximum absolute atomic E-state index is 12.2. The molecular formula is C43H63N9O9P2S4. The number of rotatable bonds is 3. The molecule has 368 valence electrons. The molecule has 8 rings (SSSR count). The third-order valence-electron chi connectivity index (χ3n) is 12.2. The third-order valence-corrected chi connectivity index (χ3v) is 21.0. The summed E-state index contributed by atoms with van der Waals surface area (Å²) >= 11 is 0. The number of carbonyl (C=O) groups is 1. The van der Waals surface area contributed by atoms with Crippen molar-refractivity contribution in [2.45, 2.75) is 108 Å². The fourth-order valence-electron chi connectivity index (χ4n) is 7.66. The number of fused-ring (bicyclic) bond motifs is 4. The highest BCUT2D eigenvalue weighted by atomic mass is 32.2. The van der Waals surface area contributed by atoms with Crippen LogP contribution in [0.4, 0.5) is 0 Å². The smallest absolute Gasteiger partial charge is 0.296 e. The summed E-state index contributed by atoms with van der Waals surface area (Å²) in [5.41, 5.74) is 0.425. The summed E-state index contributed by atoms with van der Waals surface area (Å²) in [5.74, 6) is 23.0. The molecule has 4 aromatic heterocycles. The average Bonchev–Trinajstić information content (AvgIpc) is 3.26. The Morgan fingerprint density at radius 2 is 0.970 bits per heavy atom. The van der Waals surface area contributed by atoms with E-state index in [2.05, 4.69) is 95.4 Å². The first-order chi connectivity index (χ1) is 31.2. The van der Waals surface area contributed by atoms with Crippen LogP contribution in [0.5, 0.6) is 23.0 Å². The Kier molecular flexibility index (Phi) is 16.8. The van der Waals surface area contributed by atoms with Gasteiger partial charge in [-0.2, -0.15) is 41.9 Å². The molecule has 24 heteroatoms. The van der Waals surface area contributed by atoms with Gasteiger partial charge >= 0.3 is 0 Å². The van der Waals surface area contributed by atoms with Gasteiger partial charge in [0.1, 0.15) is 23.3 Å². The van der Waals surface area contributed by atoms with E-state index in [4.69, 9.17) is 9.05 Å². The van der Waals surface area contributed by atoms with E-state index in [0.717, 1.165) is 46.2 Å². The standard InChI is InChI=1S/C12H17N3O3S.C11H17N2O2PS.C11H16N2O2S.C9H13N2O2PS/c1-12(2)11-14-7(9(17)13-3)8(16)10(18)15(11)5-6-19(12)4;1-7-8(15-16)9(14)13-5-6-17(4)11(2,3)10(13)12-7;1-7-8(14)9(15)13-5-6-16(4)11(2,3)10(13)12-7;1-6-8(13-14)9(12)11-3-4-15(2)5-7(11)10-6/h16H,4-6H2,1-3H3,(H,13,17);4-6,16H2,1-3H3;14H,4-6H2,1-3H3;2-5,14H2,1H3. The number of nitrogens with zero attached hydrogens (tertiary/aromatic N) is 8. The second-order valence-electron chi connectivity index (χ2n) is 17.5. The molecule has 0 radical (unpaired) electrons. The van der Waals surface area contributed by atoms with Gasteiger partial charge in [-0.05, 0) is 62.3 Å². The quantitative estimate of drug-likeness (QED) is 0.195. The minimum Gasteiger partial charge on any atom is -0.502 e. The van der Waals surface area contributed by atoms with Crippen LogP contribution < -0.4 is 36.6 Å². The lowest BCUT2D eigenvalue weighted by Gasteiger charge is -2.35. The van der Waals surface area contributed by atoms with Crippen molar-refractivity contribution in [2.24, 2.45) is 0 Å². The van der Waals surface area contributed by atoms with Crippen molar-refractivity contribution >= 4 is 90.3 Å². The van der Waals surface area contributed by atoms with Crippen LogP contribution >= 0.6 is 60.9 Å². The summed E-state index contributed by atoms with van der Waals surface area (Å²) < 4.78 is 15.7. The molecule has 4 aromatic rings. The molecule has 6 atom stereocenters. The second-order valence-corrected chi connectivity index (χ2v) is 27.2. The Bertz CT molecular complexity index is 3000. The number of aromatic hydroxyl groups is 2. The number of hydrogen-bond acceptors (Lipinski definition) is 13. The van der Waals surface area contributed by atoms with Gasteiger partial charge in [-0.1, -0.05) is 23.5 Å². The number of hydrogen-bond donors (Lipinski definition) is 3. The summed E-state index contributed by atoms with van der Waals surface area (Å²) in [6.45, 7) is 19.9.